The third-order valence-corrected chi connectivity index (χ3v) is 4.27. The van der Waals surface area contributed by atoms with Crippen LogP contribution in [0, 0.1) is 6.92 Å². The van der Waals surface area contributed by atoms with E-state index in [-0.39, 0.29) is 11.7 Å². The molecule has 1 aromatic heterocycles. The van der Waals surface area contributed by atoms with E-state index in [1.807, 2.05) is 55.5 Å². The number of benzene rings is 3. The van der Waals surface area contributed by atoms with Gasteiger partial charge in [-0.3, -0.25) is 4.79 Å². The van der Waals surface area contributed by atoms with Crippen molar-refractivity contribution < 1.29 is 14.3 Å². The van der Waals surface area contributed by atoms with E-state index in [0.717, 1.165) is 16.6 Å². The molecule has 3 aromatic carbocycles. The van der Waals surface area contributed by atoms with E-state index in [9.17, 15) is 9.90 Å². The number of aryl methyl sites for hydroxylation is 1. The molecule has 0 atom stereocenters. The number of aromatic nitrogens is 1. The van der Waals surface area contributed by atoms with Gasteiger partial charge >= 0.3 is 0 Å². The molecule has 0 saturated heterocycles. The summed E-state index contributed by atoms with van der Waals surface area (Å²) >= 11 is 0. The van der Waals surface area contributed by atoms with Crippen LogP contribution in [0.1, 0.15) is 11.1 Å². The molecule has 0 aliphatic heterocycles. The molecule has 1 amide bonds. The summed E-state index contributed by atoms with van der Waals surface area (Å²) < 4.78 is 5.73. The number of carbonyl (C=O) groups excluding carboxylic acids is 1. The van der Waals surface area contributed by atoms with Crippen molar-refractivity contribution in [1.82, 2.24) is 4.98 Å². The predicted molar refractivity (Wildman–Crippen MR) is 110 cm³/mol. The molecule has 2 N–H and O–H groups in total. The van der Waals surface area contributed by atoms with E-state index in [1.165, 1.54) is 12.1 Å². The van der Waals surface area contributed by atoms with Gasteiger partial charge in [0.1, 0.15) is 11.3 Å². The first kappa shape index (κ1) is 17.5. The smallest absolute Gasteiger partial charge is 0.248 e. The van der Waals surface area contributed by atoms with Crippen molar-refractivity contribution in [3.63, 3.8) is 0 Å². The maximum absolute atomic E-state index is 12.1. The highest BCUT2D eigenvalue weighted by Crippen LogP contribution is 2.33. The van der Waals surface area contributed by atoms with Crippen molar-refractivity contribution in [2.75, 3.05) is 5.32 Å². The zero-order valence-electron chi connectivity index (χ0n) is 15.2. The number of hydrogen-bond acceptors (Lipinski definition) is 4. The summed E-state index contributed by atoms with van der Waals surface area (Å²) in [5.74, 6) is 0.0291. The van der Waals surface area contributed by atoms with Gasteiger partial charge in [0.05, 0.1) is 5.56 Å². The molecule has 0 aliphatic rings. The van der Waals surface area contributed by atoms with Crippen LogP contribution in [0.4, 0.5) is 5.69 Å². The van der Waals surface area contributed by atoms with Gasteiger partial charge in [0, 0.05) is 17.8 Å². The molecule has 4 aromatic rings. The Balaban J connectivity index is 1.52. The van der Waals surface area contributed by atoms with E-state index in [1.54, 1.807) is 18.2 Å². The number of nitrogens with one attached hydrogen (secondary N) is 1. The minimum Gasteiger partial charge on any atom is -0.507 e. The Morgan fingerprint density at radius 2 is 1.89 bits per heavy atom. The van der Waals surface area contributed by atoms with Crippen LogP contribution in [0.15, 0.2) is 77.2 Å². The van der Waals surface area contributed by atoms with Crippen LogP contribution in [0.25, 0.3) is 28.6 Å². The zero-order chi connectivity index (χ0) is 19.5. The van der Waals surface area contributed by atoms with Gasteiger partial charge in [-0.25, -0.2) is 4.98 Å². The Bertz CT molecular complexity index is 1180. The third kappa shape index (κ3) is 3.78. The summed E-state index contributed by atoms with van der Waals surface area (Å²) in [6.45, 7) is 1.98. The average molecular weight is 370 g/mol. The molecule has 138 valence electrons. The maximum Gasteiger partial charge on any atom is 0.248 e. The summed E-state index contributed by atoms with van der Waals surface area (Å²) in [6, 6.07) is 20.1. The van der Waals surface area contributed by atoms with Crippen molar-refractivity contribution in [2.24, 2.45) is 0 Å². The number of carbonyl (C=O) groups is 1. The van der Waals surface area contributed by atoms with Gasteiger partial charge in [0.25, 0.3) is 0 Å². The molecule has 28 heavy (non-hydrogen) atoms. The van der Waals surface area contributed by atoms with E-state index in [4.69, 9.17) is 4.42 Å². The van der Waals surface area contributed by atoms with E-state index >= 15 is 0 Å². The van der Waals surface area contributed by atoms with Crippen molar-refractivity contribution in [2.45, 2.75) is 6.92 Å². The number of phenolic OH excluding ortho intramolecular Hbond substituents is 1. The fourth-order valence-electron chi connectivity index (χ4n) is 2.86. The number of oxazole rings is 1. The first-order valence-corrected chi connectivity index (χ1v) is 8.83. The van der Waals surface area contributed by atoms with Crippen molar-refractivity contribution in [3.8, 4) is 17.2 Å². The number of aromatic hydroxyl groups is 1. The molecule has 0 aliphatic carbocycles. The Labute approximate surface area is 162 Å². The summed E-state index contributed by atoms with van der Waals surface area (Å²) in [4.78, 5) is 16.5. The van der Waals surface area contributed by atoms with Gasteiger partial charge in [-0.15, -0.1) is 0 Å². The van der Waals surface area contributed by atoms with Gasteiger partial charge in [0.2, 0.25) is 11.8 Å². The normalized spacial score (nSPS) is 11.2. The Morgan fingerprint density at radius 1 is 1.07 bits per heavy atom. The van der Waals surface area contributed by atoms with Crippen LogP contribution >= 0.6 is 0 Å². The second kappa shape index (κ2) is 7.40. The number of anilines is 1. The highest BCUT2D eigenvalue weighted by Gasteiger charge is 2.13. The Morgan fingerprint density at radius 3 is 2.68 bits per heavy atom. The average Bonchev–Trinajstić information content (AvgIpc) is 3.10. The molecular formula is C23H18N2O3. The van der Waals surface area contributed by atoms with Crippen LogP contribution in [0.5, 0.6) is 5.75 Å². The highest BCUT2D eigenvalue weighted by atomic mass is 16.3. The molecule has 5 heteroatoms. The fourth-order valence-corrected chi connectivity index (χ4v) is 2.86. The lowest BCUT2D eigenvalue weighted by molar-refractivity contribution is -0.111. The summed E-state index contributed by atoms with van der Waals surface area (Å²) in [7, 11) is 0. The first-order chi connectivity index (χ1) is 13.6. The minimum absolute atomic E-state index is 0.0203. The van der Waals surface area contributed by atoms with Crippen molar-refractivity contribution >= 4 is 28.8 Å². The lowest BCUT2D eigenvalue weighted by Gasteiger charge is -2.05. The minimum atomic E-state index is -0.284. The Kier molecular flexibility index (Phi) is 4.64. The number of nitrogens with zero attached hydrogens (tertiary/aromatic N) is 1. The SMILES string of the molecule is Cc1ccc2oc(-c3ccc(NC(=O)/C=C/c4ccccc4)cc3O)nc2c1. The molecular weight excluding hydrogens is 352 g/mol. The topological polar surface area (TPSA) is 75.4 Å². The molecule has 0 radical (unpaired) electrons. The van der Waals surface area contributed by atoms with Crippen LogP contribution in [0.3, 0.4) is 0 Å². The quantitative estimate of drug-likeness (QED) is 0.487. The molecule has 0 saturated carbocycles. The molecule has 0 fully saturated rings. The second-order valence-corrected chi connectivity index (χ2v) is 6.46. The largest absolute Gasteiger partial charge is 0.507 e. The van der Waals surface area contributed by atoms with Gasteiger partial charge in [-0.2, -0.15) is 0 Å². The number of hydrogen-bond donors (Lipinski definition) is 2. The lowest BCUT2D eigenvalue weighted by Crippen LogP contribution is -2.07. The van der Waals surface area contributed by atoms with Crippen LogP contribution < -0.4 is 5.32 Å². The lowest BCUT2D eigenvalue weighted by atomic mass is 10.1. The van der Waals surface area contributed by atoms with Crippen LogP contribution in [-0.2, 0) is 4.79 Å². The number of rotatable bonds is 4. The monoisotopic (exact) mass is 370 g/mol. The van der Waals surface area contributed by atoms with Gasteiger partial charge < -0.3 is 14.8 Å². The Hall–Kier alpha value is -3.86. The molecule has 0 unspecified atom stereocenters. The number of fused-ring (bicyclic) bond motifs is 1. The number of amides is 1. The van der Waals surface area contributed by atoms with Crippen LogP contribution in [-0.4, -0.2) is 16.0 Å². The highest BCUT2D eigenvalue weighted by molar-refractivity contribution is 6.02. The standard InChI is InChI=1S/C23H18N2O3/c1-15-7-11-21-19(13-15)25-23(28-21)18-10-9-17(14-20(18)26)24-22(27)12-8-16-5-3-2-4-6-16/h2-14,26H,1H3,(H,24,27)/b12-8+. The molecule has 0 bridgehead atoms. The first-order valence-electron chi connectivity index (χ1n) is 8.83. The summed E-state index contributed by atoms with van der Waals surface area (Å²) in [5, 5.41) is 13.1. The maximum atomic E-state index is 12.1. The number of phenols is 1. The van der Waals surface area contributed by atoms with Gasteiger partial charge in [0.15, 0.2) is 5.58 Å². The predicted octanol–water partition coefficient (Wildman–Crippen LogP) is 5.16. The summed E-state index contributed by atoms with van der Waals surface area (Å²) in [6.07, 6.45) is 3.17. The van der Waals surface area contributed by atoms with E-state index in [0.29, 0.717) is 22.7 Å². The van der Waals surface area contributed by atoms with Gasteiger partial charge in [-0.1, -0.05) is 36.4 Å². The molecule has 4 rings (SSSR count). The second-order valence-electron chi connectivity index (χ2n) is 6.46. The molecule has 1 heterocycles. The molecule has 5 nitrogen and oxygen atoms in total. The van der Waals surface area contributed by atoms with E-state index < -0.39 is 0 Å². The fraction of sp³-hybridized carbons (Fsp3) is 0.0435. The third-order valence-electron chi connectivity index (χ3n) is 4.27. The van der Waals surface area contributed by atoms with E-state index in [2.05, 4.69) is 10.3 Å². The van der Waals surface area contributed by atoms with Gasteiger partial charge in [-0.05, 0) is 48.4 Å². The molecule has 0 spiro atoms. The summed E-state index contributed by atoms with van der Waals surface area (Å²) in [5.41, 5.74) is 4.35. The van der Waals surface area contributed by atoms with Crippen LogP contribution in [0.2, 0.25) is 0 Å². The zero-order valence-corrected chi connectivity index (χ0v) is 15.2. The van der Waals surface area contributed by atoms with Crippen molar-refractivity contribution in [3.05, 3.63) is 83.9 Å². The van der Waals surface area contributed by atoms with Crippen molar-refractivity contribution in [1.29, 1.82) is 0 Å².